The maximum atomic E-state index is 13.1. The molecule has 1 heterocycles. The monoisotopic (exact) mass is 274 g/mol. The van der Waals surface area contributed by atoms with Gasteiger partial charge in [0.25, 0.3) is 5.56 Å². The smallest absolute Gasteiger partial charge is 0.267 e. The van der Waals surface area contributed by atoms with Crippen LogP contribution in [0.4, 0.5) is 4.39 Å². The maximum absolute atomic E-state index is 13.1. The van der Waals surface area contributed by atoms with E-state index in [4.69, 9.17) is 11.6 Å². The lowest BCUT2D eigenvalue weighted by Gasteiger charge is -2.06. The lowest BCUT2D eigenvalue weighted by atomic mass is 10.1. The quantitative estimate of drug-likeness (QED) is 0.739. The maximum Gasteiger partial charge on any atom is 0.272 e. The lowest BCUT2D eigenvalue weighted by Crippen LogP contribution is -2.09. The summed E-state index contributed by atoms with van der Waals surface area (Å²) in [6, 6.07) is 11.1. The van der Waals surface area contributed by atoms with Crippen molar-refractivity contribution < 1.29 is 4.39 Å². The molecular weight excluding hydrogens is 267 g/mol. The highest BCUT2D eigenvalue weighted by Crippen LogP contribution is 2.30. The third kappa shape index (κ3) is 2.00. The first-order valence-electron chi connectivity index (χ1n) is 5.59. The number of halogens is 2. The van der Waals surface area contributed by atoms with Crippen LogP contribution >= 0.6 is 11.6 Å². The van der Waals surface area contributed by atoms with Gasteiger partial charge in [-0.05, 0) is 24.3 Å². The molecule has 0 saturated heterocycles. The molecule has 0 spiro atoms. The van der Waals surface area contributed by atoms with Gasteiger partial charge in [-0.1, -0.05) is 29.8 Å². The number of nitrogens with one attached hydrogen (secondary N) is 1. The van der Waals surface area contributed by atoms with Crippen molar-refractivity contribution in [2.45, 2.75) is 0 Å². The van der Waals surface area contributed by atoms with Crippen molar-refractivity contribution in [2.24, 2.45) is 0 Å². The summed E-state index contributed by atoms with van der Waals surface area (Å²) in [5.74, 6) is -0.414. The number of benzene rings is 2. The average Bonchev–Trinajstić information content (AvgIpc) is 2.41. The highest BCUT2D eigenvalue weighted by atomic mass is 35.5. The van der Waals surface area contributed by atoms with E-state index >= 15 is 0 Å². The average molecular weight is 275 g/mol. The van der Waals surface area contributed by atoms with Gasteiger partial charge < -0.3 is 0 Å². The van der Waals surface area contributed by atoms with Crippen LogP contribution in [-0.2, 0) is 0 Å². The minimum atomic E-state index is -0.414. The van der Waals surface area contributed by atoms with E-state index in [0.717, 1.165) is 0 Å². The van der Waals surface area contributed by atoms with E-state index in [1.807, 2.05) is 6.07 Å². The minimum Gasteiger partial charge on any atom is -0.267 e. The van der Waals surface area contributed by atoms with Crippen LogP contribution in [0.2, 0.25) is 5.02 Å². The summed E-state index contributed by atoms with van der Waals surface area (Å²) in [5.41, 5.74) is 0.841. The fourth-order valence-electron chi connectivity index (χ4n) is 2.00. The molecule has 19 heavy (non-hydrogen) atoms. The summed E-state index contributed by atoms with van der Waals surface area (Å²) < 4.78 is 13.1. The Labute approximate surface area is 112 Å². The van der Waals surface area contributed by atoms with E-state index in [1.165, 1.54) is 12.1 Å². The molecule has 0 fully saturated rings. The van der Waals surface area contributed by atoms with E-state index in [1.54, 1.807) is 24.3 Å². The predicted octanol–water partition coefficient (Wildman–Crippen LogP) is 3.38. The molecule has 94 valence electrons. The highest BCUT2D eigenvalue weighted by molar-refractivity contribution is 6.33. The summed E-state index contributed by atoms with van der Waals surface area (Å²) >= 11 is 6.03. The first-order valence-corrected chi connectivity index (χ1v) is 5.97. The fraction of sp³-hybridized carbons (Fsp3) is 0. The number of fused-ring (bicyclic) bond motifs is 1. The molecule has 0 aliphatic carbocycles. The summed E-state index contributed by atoms with van der Waals surface area (Å²) in [6.45, 7) is 0. The summed E-state index contributed by atoms with van der Waals surface area (Å²) in [4.78, 5) is 11.7. The largest absolute Gasteiger partial charge is 0.272 e. The standard InChI is InChI=1S/C14H8ClFN2O/c15-12-7-8(16)5-6-11(12)13-9-3-1-2-4-10(9)14(19)18-17-13/h1-7H,(H,18,19). The minimum absolute atomic E-state index is 0.254. The van der Waals surface area contributed by atoms with Crippen LogP contribution in [0.25, 0.3) is 22.0 Å². The van der Waals surface area contributed by atoms with E-state index in [0.29, 0.717) is 22.0 Å². The molecule has 0 aliphatic rings. The Balaban J connectivity index is 2.37. The predicted molar refractivity (Wildman–Crippen MR) is 72.8 cm³/mol. The molecule has 0 bridgehead atoms. The topological polar surface area (TPSA) is 45.8 Å². The Morgan fingerprint density at radius 3 is 2.58 bits per heavy atom. The Morgan fingerprint density at radius 2 is 1.84 bits per heavy atom. The molecule has 2 aromatic carbocycles. The van der Waals surface area contributed by atoms with Gasteiger partial charge >= 0.3 is 0 Å². The Hall–Kier alpha value is -2.20. The molecule has 3 nitrogen and oxygen atoms in total. The van der Waals surface area contributed by atoms with Crippen molar-refractivity contribution in [2.75, 3.05) is 0 Å². The molecular formula is C14H8ClFN2O. The number of hydrogen-bond donors (Lipinski definition) is 1. The van der Waals surface area contributed by atoms with Gasteiger partial charge in [-0.15, -0.1) is 0 Å². The summed E-state index contributed by atoms with van der Waals surface area (Å²) in [5, 5.41) is 7.90. The van der Waals surface area contributed by atoms with E-state index in [9.17, 15) is 9.18 Å². The molecule has 0 saturated carbocycles. The second-order valence-corrected chi connectivity index (χ2v) is 4.48. The van der Waals surface area contributed by atoms with Crippen LogP contribution in [0.3, 0.4) is 0 Å². The molecule has 3 aromatic rings. The van der Waals surface area contributed by atoms with Gasteiger partial charge in [-0.2, -0.15) is 5.10 Å². The molecule has 0 unspecified atom stereocenters. The first kappa shape index (κ1) is 11.9. The molecule has 0 radical (unpaired) electrons. The number of H-pyrrole nitrogens is 1. The number of aromatic nitrogens is 2. The normalized spacial score (nSPS) is 10.8. The van der Waals surface area contributed by atoms with Crippen LogP contribution in [0, 0.1) is 5.82 Å². The van der Waals surface area contributed by atoms with Crippen LogP contribution < -0.4 is 5.56 Å². The van der Waals surface area contributed by atoms with Crippen molar-refractivity contribution in [1.29, 1.82) is 0 Å². The van der Waals surface area contributed by atoms with Crippen LogP contribution in [-0.4, -0.2) is 10.2 Å². The first-order chi connectivity index (χ1) is 9.16. The SMILES string of the molecule is O=c1[nH]nc(-c2ccc(F)cc2Cl)c2ccccc12. The van der Waals surface area contributed by atoms with Gasteiger partial charge in [0.05, 0.1) is 10.4 Å². The Bertz CT molecular complexity index is 829. The summed E-state index contributed by atoms with van der Waals surface area (Å²) in [6.07, 6.45) is 0. The van der Waals surface area contributed by atoms with Crippen molar-refractivity contribution in [3.8, 4) is 11.3 Å². The Morgan fingerprint density at radius 1 is 1.11 bits per heavy atom. The van der Waals surface area contributed by atoms with E-state index in [2.05, 4.69) is 10.2 Å². The zero-order valence-corrected chi connectivity index (χ0v) is 10.4. The fourth-order valence-corrected chi connectivity index (χ4v) is 2.26. The third-order valence-electron chi connectivity index (χ3n) is 2.88. The Kier molecular flexibility index (Phi) is 2.80. The molecule has 0 atom stereocenters. The van der Waals surface area contributed by atoms with Crippen LogP contribution in [0.15, 0.2) is 47.3 Å². The molecule has 1 aromatic heterocycles. The van der Waals surface area contributed by atoms with Gasteiger partial charge in [0.2, 0.25) is 0 Å². The number of rotatable bonds is 1. The van der Waals surface area contributed by atoms with E-state index in [-0.39, 0.29) is 10.6 Å². The van der Waals surface area contributed by atoms with Gasteiger partial charge in [-0.25, -0.2) is 9.49 Å². The van der Waals surface area contributed by atoms with Gasteiger partial charge in [0.1, 0.15) is 11.5 Å². The van der Waals surface area contributed by atoms with Gasteiger partial charge in [0, 0.05) is 10.9 Å². The molecule has 0 amide bonds. The van der Waals surface area contributed by atoms with Crippen molar-refractivity contribution in [3.63, 3.8) is 0 Å². The third-order valence-corrected chi connectivity index (χ3v) is 3.20. The van der Waals surface area contributed by atoms with Gasteiger partial charge in [0.15, 0.2) is 0 Å². The molecule has 5 heteroatoms. The van der Waals surface area contributed by atoms with Crippen LogP contribution in [0.1, 0.15) is 0 Å². The lowest BCUT2D eigenvalue weighted by molar-refractivity contribution is 0.628. The number of hydrogen-bond acceptors (Lipinski definition) is 2. The highest BCUT2D eigenvalue weighted by Gasteiger charge is 2.11. The second-order valence-electron chi connectivity index (χ2n) is 4.07. The number of aromatic amines is 1. The molecule has 0 aliphatic heterocycles. The molecule has 3 rings (SSSR count). The van der Waals surface area contributed by atoms with Crippen molar-refractivity contribution >= 4 is 22.4 Å². The summed E-state index contributed by atoms with van der Waals surface area (Å²) in [7, 11) is 0. The van der Waals surface area contributed by atoms with E-state index < -0.39 is 5.82 Å². The van der Waals surface area contributed by atoms with Gasteiger partial charge in [-0.3, -0.25) is 4.79 Å². The zero-order chi connectivity index (χ0) is 13.4. The zero-order valence-electron chi connectivity index (χ0n) is 9.65. The molecule has 1 N–H and O–H groups in total. The van der Waals surface area contributed by atoms with Crippen LogP contribution in [0.5, 0.6) is 0 Å². The number of nitrogens with zero attached hydrogens (tertiary/aromatic N) is 1. The van der Waals surface area contributed by atoms with Crippen molar-refractivity contribution in [3.05, 3.63) is 63.7 Å². The van der Waals surface area contributed by atoms with Crippen molar-refractivity contribution in [1.82, 2.24) is 10.2 Å². The second kappa shape index (κ2) is 4.48.